The van der Waals surface area contributed by atoms with Gasteiger partial charge in [0.05, 0.1) is 11.0 Å². The van der Waals surface area contributed by atoms with Crippen molar-refractivity contribution in [2.24, 2.45) is 0 Å². The Morgan fingerprint density at radius 1 is 0.818 bits per heavy atom. The summed E-state index contributed by atoms with van der Waals surface area (Å²) in [7, 11) is 0. The molecule has 0 radical (unpaired) electrons. The van der Waals surface area contributed by atoms with Crippen LogP contribution in [0.2, 0.25) is 10.0 Å². The number of imidazole rings is 1. The Bertz CT molecular complexity index is 1420. The van der Waals surface area contributed by atoms with Gasteiger partial charge in [0.15, 0.2) is 5.82 Å². The van der Waals surface area contributed by atoms with Crippen LogP contribution in [0.25, 0.3) is 22.6 Å². The Hall–Kier alpha value is -3.41. The smallest absolute Gasteiger partial charge is 0.157 e. The van der Waals surface area contributed by atoms with Gasteiger partial charge in [-0.1, -0.05) is 47.5 Å². The third-order valence-corrected chi connectivity index (χ3v) is 5.70. The molecule has 0 bridgehead atoms. The molecule has 0 saturated carbocycles. The van der Waals surface area contributed by atoms with E-state index >= 15 is 0 Å². The second-order valence-corrected chi connectivity index (χ2v) is 8.44. The van der Waals surface area contributed by atoms with Gasteiger partial charge in [0.2, 0.25) is 0 Å². The quantitative estimate of drug-likeness (QED) is 0.280. The first-order valence-corrected chi connectivity index (χ1v) is 11.1. The maximum atomic E-state index is 14.1. The molecule has 3 aromatic carbocycles. The van der Waals surface area contributed by atoms with Crippen LogP contribution >= 0.6 is 23.2 Å². The molecule has 0 atom stereocenters. The number of nitrogens with zero attached hydrogens (tertiary/aromatic N) is 2. The Morgan fingerprint density at radius 3 is 2.48 bits per heavy atom. The summed E-state index contributed by atoms with van der Waals surface area (Å²) in [6.07, 6.45) is 0.493. The van der Waals surface area contributed by atoms with Crippen molar-refractivity contribution < 1.29 is 9.13 Å². The maximum Gasteiger partial charge on any atom is 0.157 e. The van der Waals surface area contributed by atoms with Crippen molar-refractivity contribution in [2.45, 2.75) is 13.0 Å². The molecule has 33 heavy (non-hydrogen) atoms. The van der Waals surface area contributed by atoms with Crippen molar-refractivity contribution in [1.29, 1.82) is 0 Å². The van der Waals surface area contributed by atoms with Crippen molar-refractivity contribution in [1.82, 2.24) is 15.0 Å². The summed E-state index contributed by atoms with van der Waals surface area (Å²) >= 11 is 12.1. The zero-order chi connectivity index (χ0) is 22.8. The van der Waals surface area contributed by atoms with Gasteiger partial charge in [-0.25, -0.2) is 14.4 Å². The Morgan fingerprint density at radius 2 is 1.64 bits per heavy atom. The van der Waals surface area contributed by atoms with Crippen LogP contribution in [0.5, 0.6) is 5.75 Å². The summed E-state index contributed by atoms with van der Waals surface area (Å²) in [6, 6.07) is 23.6. The van der Waals surface area contributed by atoms with Gasteiger partial charge in [-0.15, -0.1) is 0 Å². The first-order chi connectivity index (χ1) is 16.0. The number of hydrogen-bond donors (Lipinski definition) is 1. The zero-order valence-electron chi connectivity index (χ0n) is 17.4. The number of aromatic nitrogens is 3. The average Bonchev–Trinajstić information content (AvgIpc) is 3.24. The molecule has 5 rings (SSSR count). The summed E-state index contributed by atoms with van der Waals surface area (Å²) in [6.45, 7) is 0.0735. The molecule has 164 valence electrons. The Balaban J connectivity index is 1.40. The van der Waals surface area contributed by atoms with E-state index in [4.69, 9.17) is 32.9 Å². The van der Waals surface area contributed by atoms with Crippen LogP contribution in [0.4, 0.5) is 4.39 Å². The SMILES string of the molecule is Fc1cc(Cl)ccc1COc1ccc(Cl)cc1Cc1cccc(-c2nc3ccccc3[nH]2)n1. The molecule has 4 nitrogen and oxygen atoms in total. The molecule has 0 saturated heterocycles. The highest BCUT2D eigenvalue weighted by Gasteiger charge is 2.12. The fraction of sp³-hybridized carbons (Fsp3) is 0.0769. The van der Waals surface area contributed by atoms with Crippen LogP contribution in [0.1, 0.15) is 16.8 Å². The van der Waals surface area contributed by atoms with E-state index in [0.717, 1.165) is 28.0 Å². The van der Waals surface area contributed by atoms with Gasteiger partial charge in [0.25, 0.3) is 0 Å². The number of nitrogens with one attached hydrogen (secondary N) is 1. The summed E-state index contributed by atoms with van der Waals surface area (Å²) in [5.41, 5.74) is 4.70. The highest BCUT2D eigenvalue weighted by molar-refractivity contribution is 6.30. The van der Waals surface area contributed by atoms with E-state index in [0.29, 0.717) is 33.6 Å². The predicted octanol–water partition coefficient (Wildman–Crippen LogP) is 7.24. The fourth-order valence-corrected chi connectivity index (χ4v) is 3.95. The molecule has 0 spiro atoms. The number of para-hydroxylation sites is 2. The normalized spacial score (nSPS) is 11.1. The van der Waals surface area contributed by atoms with Crippen molar-refractivity contribution in [3.63, 3.8) is 0 Å². The fourth-order valence-electron chi connectivity index (χ4n) is 3.60. The van der Waals surface area contributed by atoms with Gasteiger partial charge < -0.3 is 9.72 Å². The molecular formula is C26H18Cl2FN3O. The molecule has 0 amide bonds. The highest BCUT2D eigenvalue weighted by atomic mass is 35.5. The monoisotopic (exact) mass is 477 g/mol. The summed E-state index contributed by atoms with van der Waals surface area (Å²) in [5.74, 6) is 0.918. The van der Waals surface area contributed by atoms with Crippen LogP contribution in [0.15, 0.2) is 78.9 Å². The van der Waals surface area contributed by atoms with E-state index in [1.165, 1.54) is 6.07 Å². The molecule has 2 aromatic heterocycles. The maximum absolute atomic E-state index is 14.1. The van der Waals surface area contributed by atoms with Gasteiger partial charge >= 0.3 is 0 Å². The van der Waals surface area contributed by atoms with E-state index in [1.807, 2.05) is 48.5 Å². The lowest BCUT2D eigenvalue weighted by atomic mass is 10.1. The van der Waals surface area contributed by atoms with Crippen molar-refractivity contribution in [3.8, 4) is 17.3 Å². The molecule has 7 heteroatoms. The van der Waals surface area contributed by atoms with E-state index in [1.54, 1.807) is 24.3 Å². The first-order valence-electron chi connectivity index (χ1n) is 10.3. The predicted molar refractivity (Wildman–Crippen MR) is 129 cm³/mol. The number of aromatic amines is 1. The van der Waals surface area contributed by atoms with Crippen LogP contribution in [0.3, 0.4) is 0 Å². The average molecular weight is 478 g/mol. The first kappa shape index (κ1) is 21.4. The number of ether oxygens (including phenoxy) is 1. The minimum Gasteiger partial charge on any atom is -0.489 e. The number of pyridine rings is 1. The number of benzene rings is 3. The van der Waals surface area contributed by atoms with Gasteiger partial charge in [-0.3, -0.25) is 0 Å². The Kier molecular flexibility index (Phi) is 5.99. The summed E-state index contributed by atoms with van der Waals surface area (Å²) in [5, 5.41) is 0.933. The lowest BCUT2D eigenvalue weighted by Gasteiger charge is -2.13. The van der Waals surface area contributed by atoms with Crippen molar-refractivity contribution in [2.75, 3.05) is 0 Å². The van der Waals surface area contributed by atoms with Crippen LogP contribution in [0, 0.1) is 5.82 Å². The summed E-state index contributed by atoms with van der Waals surface area (Å²) < 4.78 is 20.1. The minimum atomic E-state index is -0.404. The standard InChI is InChI=1S/C26H18Cl2FN3O/c27-18-10-11-25(33-15-16-8-9-19(28)14-21(16)29)17(12-18)13-20-4-3-7-24(30-20)26-31-22-5-1-2-6-23(22)32-26/h1-12,14H,13,15H2,(H,31,32). The second-order valence-electron chi connectivity index (χ2n) is 7.57. The van der Waals surface area contributed by atoms with Crippen LogP contribution in [-0.2, 0) is 13.0 Å². The van der Waals surface area contributed by atoms with Gasteiger partial charge in [0.1, 0.15) is 23.9 Å². The topological polar surface area (TPSA) is 50.8 Å². The minimum absolute atomic E-state index is 0.0735. The van der Waals surface area contributed by atoms with Gasteiger partial charge in [0, 0.05) is 33.3 Å². The second kappa shape index (κ2) is 9.22. The molecule has 2 heterocycles. The summed E-state index contributed by atoms with van der Waals surface area (Å²) in [4.78, 5) is 12.7. The van der Waals surface area contributed by atoms with E-state index in [2.05, 4.69) is 9.97 Å². The number of halogens is 3. The lowest BCUT2D eigenvalue weighted by molar-refractivity contribution is 0.297. The molecule has 5 aromatic rings. The third-order valence-electron chi connectivity index (χ3n) is 5.23. The molecule has 0 unspecified atom stereocenters. The van der Waals surface area contributed by atoms with Crippen LogP contribution in [-0.4, -0.2) is 15.0 Å². The largest absolute Gasteiger partial charge is 0.489 e. The number of rotatable bonds is 6. The molecule has 0 fully saturated rings. The van der Waals surface area contributed by atoms with Crippen molar-refractivity contribution in [3.05, 3.63) is 112 Å². The van der Waals surface area contributed by atoms with E-state index in [9.17, 15) is 4.39 Å². The molecular weight excluding hydrogens is 460 g/mol. The number of H-pyrrole nitrogens is 1. The van der Waals surface area contributed by atoms with E-state index < -0.39 is 5.82 Å². The Labute approximate surface area is 200 Å². The van der Waals surface area contributed by atoms with Crippen LogP contribution < -0.4 is 4.74 Å². The molecule has 0 aliphatic heterocycles. The number of fused-ring (bicyclic) bond motifs is 1. The third kappa shape index (κ3) is 4.85. The molecule has 0 aliphatic carbocycles. The molecule has 1 N–H and O–H groups in total. The number of hydrogen-bond acceptors (Lipinski definition) is 3. The van der Waals surface area contributed by atoms with E-state index in [-0.39, 0.29) is 6.61 Å². The van der Waals surface area contributed by atoms with Gasteiger partial charge in [-0.2, -0.15) is 0 Å². The zero-order valence-corrected chi connectivity index (χ0v) is 18.9. The lowest BCUT2D eigenvalue weighted by Crippen LogP contribution is -2.02. The highest BCUT2D eigenvalue weighted by Crippen LogP contribution is 2.27. The van der Waals surface area contributed by atoms with Crippen molar-refractivity contribution >= 4 is 34.2 Å². The molecule has 0 aliphatic rings. The van der Waals surface area contributed by atoms with Gasteiger partial charge in [-0.05, 0) is 54.6 Å².